The lowest BCUT2D eigenvalue weighted by atomic mass is 9.45. The number of allylic oxidation sites excluding steroid dienone is 9. The second-order valence-corrected chi connectivity index (χ2v) is 27.6. The number of Topliss-reactive ketones (excluding diaryl/α,β-unsaturated/α-hetero) is 1. The number of hydrogen-bond donors (Lipinski definition) is 8. The van der Waals surface area contributed by atoms with Crippen LogP contribution >= 0.6 is 0 Å². The number of rotatable bonds is 4. The summed E-state index contributed by atoms with van der Waals surface area (Å²) in [5.74, 6) is -1.03. The number of methoxy groups -OCH3 is 1. The van der Waals surface area contributed by atoms with Crippen LogP contribution in [0, 0.1) is 85.8 Å². The third-order valence-electron chi connectivity index (χ3n) is 24.8. The number of carbonyl (C=O) groups excluding carboxylic acids is 5. The molecule has 0 heterocycles. The van der Waals surface area contributed by atoms with Crippen molar-refractivity contribution < 1.29 is 74.4 Å². The lowest BCUT2D eigenvalue weighted by Crippen LogP contribution is -2.62. The van der Waals surface area contributed by atoms with E-state index in [0.29, 0.717) is 38.5 Å². The molecular formula is C62H84O15. The van der Waals surface area contributed by atoms with Crippen molar-refractivity contribution in [2.75, 3.05) is 13.7 Å². The van der Waals surface area contributed by atoms with Crippen molar-refractivity contribution in [3.05, 3.63) is 59.3 Å². The molecule has 0 saturated heterocycles. The Bertz CT molecular complexity index is 2680. The first-order valence-electron chi connectivity index (χ1n) is 28.8. The first-order valence-corrected chi connectivity index (χ1v) is 28.8. The summed E-state index contributed by atoms with van der Waals surface area (Å²) in [7, 11) is 1.31. The largest absolute Gasteiger partial charge is 0.479 e. The Morgan fingerprint density at radius 2 is 0.948 bits per heavy atom. The van der Waals surface area contributed by atoms with Crippen molar-refractivity contribution in [2.45, 2.75) is 186 Å². The fourth-order valence-electron chi connectivity index (χ4n) is 20.8. The minimum atomic E-state index is -1.76. The van der Waals surface area contributed by atoms with E-state index in [1.807, 2.05) is 32.9 Å². The topological polar surface area (TPSA) is 273 Å². The van der Waals surface area contributed by atoms with Gasteiger partial charge in [0.05, 0.1) is 25.4 Å². The first kappa shape index (κ1) is 56.3. The van der Waals surface area contributed by atoms with Crippen LogP contribution in [-0.2, 0) is 33.5 Å². The molecule has 0 amide bonds. The molecule has 12 rings (SSSR count). The quantitative estimate of drug-likeness (QED) is 0.149. The maximum absolute atomic E-state index is 12.4. The van der Waals surface area contributed by atoms with Gasteiger partial charge >= 0.3 is 11.9 Å². The average Bonchev–Trinajstić information content (AvgIpc) is 4.12. The molecule has 422 valence electrons. The second kappa shape index (κ2) is 18.8. The summed E-state index contributed by atoms with van der Waals surface area (Å²) in [6.07, 6.45) is 21.0. The standard InChI is InChI=1S/C21H28O5.C21H30O5.C20H26O5/c1-19-8-6-13(22)10-12(19)4-5-14-15-7-9-21(25,18(24)26-3)20(15,2)11-16(23)17(14)19;1-19-7-5-13(23)9-12(19)3-4-14-15-6-8-21(26,17(25)11-22)20(15,2)10-16(24)18(14)19;1-18-7-5-12(21)9-11(18)3-4-13-14-6-8-20(25,17(23)24)19(14,2)10-15(22)16(13)18/h6,8,10,14-17,23,25H,4-5,7,9,11H2,1-3H3;9,14-16,18,22,24,26H,3-8,10-11H2,1-2H3;5,7,9,13-16,22,25H,3-4,6,8,10H2,1-2H3,(H,23,24)/t14?,15?,16?,17?,19?,20?,21-;14?,15?,16?,18?,19?,20?,21-;13?,14?,15?,16?,18?,19?,20-/m000/s1. The van der Waals surface area contributed by atoms with Gasteiger partial charge in [-0.3, -0.25) is 19.2 Å². The first-order chi connectivity index (χ1) is 36.0. The van der Waals surface area contributed by atoms with Crippen LogP contribution in [0.2, 0.25) is 0 Å². The maximum Gasteiger partial charge on any atom is 0.338 e. The lowest BCUT2D eigenvalue weighted by molar-refractivity contribution is -0.194. The van der Waals surface area contributed by atoms with Gasteiger partial charge in [0, 0.05) is 45.3 Å². The van der Waals surface area contributed by atoms with Crippen LogP contribution in [0.15, 0.2) is 59.3 Å². The van der Waals surface area contributed by atoms with Crippen molar-refractivity contribution in [1.29, 1.82) is 0 Å². The number of aliphatic hydroxyl groups excluding tert-OH is 4. The second-order valence-electron chi connectivity index (χ2n) is 27.6. The Morgan fingerprint density at radius 3 is 1.40 bits per heavy atom. The predicted octanol–water partition coefficient (Wildman–Crippen LogP) is 6.03. The van der Waals surface area contributed by atoms with E-state index >= 15 is 0 Å². The Labute approximate surface area is 452 Å². The smallest absolute Gasteiger partial charge is 0.338 e. The van der Waals surface area contributed by atoms with Crippen LogP contribution in [0.5, 0.6) is 0 Å². The molecule has 18 unspecified atom stereocenters. The summed E-state index contributed by atoms with van der Waals surface area (Å²) in [6.45, 7) is 11.4. The number of aliphatic carboxylic acids is 1. The van der Waals surface area contributed by atoms with E-state index in [-0.39, 0.29) is 99.7 Å². The lowest BCUT2D eigenvalue weighted by Gasteiger charge is -2.60. The summed E-state index contributed by atoms with van der Waals surface area (Å²) in [5, 5.41) is 85.7. The molecule has 12 aliphatic rings. The number of carboxylic acids is 1. The minimum Gasteiger partial charge on any atom is -0.479 e. The van der Waals surface area contributed by atoms with Gasteiger partial charge < -0.3 is 45.6 Å². The van der Waals surface area contributed by atoms with Crippen molar-refractivity contribution in [3.63, 3.8) is 0 Å². The summed E-state index contributed by atoms with van der Waals surface area (Å²) in [4.78, 5) is 72.0. The Hall–Kier alpha value is -3.96. The van der Waals surface area contributed by atoms with Crippen molar-refractivity contribution in [1.82, 2.24) is 0 Å². The number of esters is 1. The highest BCUT2D eigenvalue weighted by Gasteiger charge is 2.72. The molecule has 77 heavy (non-hydrogen) atoms. The van der Waals surface area contributed by atoms with E-state index in [9.17, 15) is 69.6 Å². The van der Waals surface area contributed by atoms with E-state index in [2.05, 4.69) is 20.8 Å². The third-order valence-corrected chi connectivity index (χ3v) is 24.8. The molecule has 15 heteroatoms. The molecule has 12 aliphatic carbocycles. The predicted molar refractivity (Wildman–Crippen MR) is 281 cm³/mol. The zero-order chi connectivity index (χ0) is 56.0. The van der Waals surface area contributed by atoms with E-state index < -0.39 is 75.7 Å². The number of fused-ring (bicyclic) bond motifs is 15. The van der Waals surface area contributed by atoms with E-state index in [1.54, 1.807) is 30.4 Å². The molecular weight excluding hydrogens is 985 g/mol. The average molecular weight is 1070 g/mol. The minimum absolute atomic E-state index is 0.00202. The summed E-state index contributed by atoms with van der Waals surface area (Å²) < 4.78 is 4.91. The monoisotopic (exact) mass is 1070 g/mol. The fraction of sp³-hybridized carbons (Fsp3) is 0.742. The Morgan fingerprint density at radius 1 is 0.545 bits per heavy atom. The highest BCUT2D eigenvalue weighted by atomic mass is 16.5. The summed E-state index contributed by atoms with van der Waals surface area (Å²) >= 11 is 0. The van der Waals surface area contributed by atoms with Gasteiger partial charge in [-0.15, -0.1) is 0 Å². The highest BCUT2D eigenvalue weighted by molar-refractivity contribution is 6.02. The number of aliphatic hydroxyl groups is 7. The van der Waals surface area contributed by atoms with E-state index in [1.165, 1.54) is 12.7 Å². The zero-order valence-corrected chi connectivity index (χ0v) is 46.1. The van der Waals surface area contributed by atoms with Crippen LogP contribution in [-0.4, -0.2) is 125 Å². The van der Waals surface area contributed by atoms with Crippen LogP contribution in [0.4, 0.5) is 0 Å². The highest BCUT2D eigenvalue weighted by Crippen LogP contribution is 2.70. The zero-order valence-electron chi connectivity index (χ0n) is 46.1. The molecule has 0 bridgehead atoms. The molecule has 0 aromatic rings. The van der Waals surface area contributed by atoms with Gasteiger partial charge in [-0.05, 0) is 180 Å². The van der Waals surface area contributed by atoms with Crippen molar-refractivity contribution in [2.24, 2.45) is 85.8 Å². The number of carbonyl (C=O) groups is 6. The molecule has 15 nitrogen and oxygen atoms in total. The normalized spacial score (nSPS) is 50.5. The Balaban J connectivity index is 0.000000131. The van der Waals surface area contributed by atoms with Crippen molar-refractivity contribution in [3.8, 4) is 0 Å². The molecule has 8 N–H and O–H groups in total. The molecule has 0 aromatic carbocycles. The molecule has 9 saturated carbocycles. The van der Waals surface area contributed by atoms with Gasteiger partial charge in [-0.1, -0.05) is 70.4 Å². The van der Waals surface area contributed by atoms with Crippen LogP contribution < -0.4 is 0 Å². The van der Waals surface area contributed by atoms with Crippen LogP contribution in [0.1, 0.15) is 151 Å². The summed E-state index contributed by atoms with van der Waals surface area (Å²) in [6, 6.07) is 0. The molecule has 0 aliphatic heterocycles. The SMILES string of the molecule is CC12C=CC(=O)C=C1CCC1C2C(O)CC2(C)C1CC[C@]2(O)C(=O)O.CC12CCC(=O)C=C1CCC1C2C(O)CC2(C)C1CC[C@]2(O)C(=O)CO.COC(=O)[C@@]1(O)CCC2C3CCC4=CC(=O)C=CC4(C)C3C(O)CC21C. The van der Waals surface area contributed by atoms with Gasteiger partial charge in [-0.25, -0.2) is 9.59 Å². The van der Waals surface area contributed by atoms with Gasteiger partial charge in [0.2, 0.25) is 0 Å². The van der Waals surface area contributed by atoms with Gasteiger partial charge in [0.1, 0.15) is 12.2 Å². The number of ether oxygens (including phenoxy) is 1. The molecule has 0 radical (unpaired) electrons. The number of carboxylic acid groups (broad SMARTS) is 1. The van der Waals surface area contributed by atoms with Gasteiger partial charge in [0.15, 0.2) is 34.3 Å². The molecule has 21 atom stereocenters. The van der Waals surface area contributed by atoms with Crippen LogP contribution in [0.25, 0.3) is 0 Å². The Kier molecular flexibility index (Phi) is 13.8. The molecule has 9 fully saturated rings. The molecule has 0 spiro atoms. The third kappa shape index (κ3) is 7.79. The fourth-order valence-corrected chi connectivity index (χ4v) is 20.8. The molecule has 0 aromatic heterocycles. The maximum atomic E-state index is 12.4. The van der Waals surface area contributed by atoms with E-state index in [0.717, 1.165) is 68.9 Å². The van der Waals surface area contributed by atoms with E-state index in [4.69, 9.17) is 4.74 Å². The van der Waals surface area contributed by atoms with Gasteiger partial charge in [-0.2, -0.15) is 0 Å². The number of ketones is 4. The van der Waals surface area contributed by atoms with Crippen LogP contribution in [0.3, 0.4) is 0 Å². The van der Waals surface area contributed by atoms with Gasteiger partial charge in [0.25, 0.3) is 0 Å². The van der Waals surface area contributed by atoms with Crippen molar-refractivity contribution >= 4 is 35.1 Å². The summed E-state index contributed by atoms with van der Waals surface area (Å²) in [5.41, 5.74) is -4.54. The number of hydrogen-bond acceptors (Lipinski definition) is 14.